The van der Waals surface area contributed by atoms with E-state index in [0.717, 1.165) is 0 Å². The van der Waals surface area contributed by atoms with Gasteiger partial charge in [0.05, 0.1) is 5.69 Å². The van der Waals surface area contributed by atoms with E-state index >= 15 is 0 Å². The molecule has 0 spiro atoms. The second-order valence-corrected chi connectivity index (χ2v) is 5.87. The first-order valence-electron chi connectivity index (χ1n) is 6.01. The van der Waals surface area contributed by atoms with Crippen molar-refractivity contribution in [2.24, 2.45) is 5.41 Å². The van der Waals surface area contributed by atoms with E-state index in [2.05, 4.69) is 17.2 Å². The summed E-state index contributed by atoms with van der Waals surface area (Å²) in [6.45, 7) is 5.77. The number of hydrogen-bond donors (Lipinski definition) is 2. The Morgan fingerprint density at radius 1 is 1.42 bits per heavy atom. The van der Waals surface area contributed by atoms with Crippen molar-refractivity contribution in [2.75, 3.05) is 11.9 Å². The zero-order valence-electron chi connectivity index (χ0n) is 11.4. The molecule has 1 amide bonds. The van der Waals surface area contributed by atoms with Gasteiger partial charge in [-0.3, -0.25) is 4.79 Å². The maximum atomic E-state index is 11.9. The van der Waals surface area contributed by atoms with Crippen molar-refractivity contribution >= 4 is 23.2 Å². The summed E-state index contributed by atoms with van der Waals surface area (Å²) in [6, 6.07) is 5.07. The quantitative estimate of drug-likeness (QED) is 0.818. The lowest BCUT2D eigenvalue weighted by atomic mass is 9.92. The van der Waals surface area contributed by atoms with Gasteiger partial charge in [0, 0.05) is 17.0 Å². The molecular weight excluding hydrogens is 262 g/mol. The molecule has 3 nitrogen and oxygen atoms in total. The van der Waals surface area contributed by atoms with Crippen LogP contribution in [0.5, 0.6) is 0 Å². The fraction of sp³-hybridized carbons (Fsp3) is 0.400. The molecule has 0 saturated carbocycles. The predicted octanol–water partition coefficient (Wildman–Crippen LogP) is 3.06. The number of carbonyl (C=O) groups excluding carboxylic acids is 1. The highest BCUT2D eigenvalue weighted by Crippen LogP contribution is 2.23. The molecule has 0 saturated heterocycles. The number of amides is 1. The van der Waals surface area contributed by atoms with Crippen LogP contribution in [0.3, 0.4) is 0 Å². The molecule has 0 unspecified atom stereocenters. The van der Waals surface area contributed by atoms with Crippen LogP contribution in [0, 0.1) is 17.3 Å². The van der Waals surface area contributed by atoms with Gasteiger partial charge in [-0.1, -0.05) is 44.2 Å². The van der Waals surface area contributed by atoms with Crippen molar-refractivity contribution in [2.45, 2.75) is 27.2 Å². The molecule has 102 valence electrons. The third kappa shape index (κ3) is 5.78. The molecule has 0 atom stereocenters. The summed E-state index contributed by atoms with van der Waals surface area (Å²) in [5.74, 6) is 5.26. The average molecular weight is 280 g/mol. The highest BCUT2D eigenvalue weighted by atomic mass is 35.5. The van der Waals surface area contributed by atoms with Gasteiger partial charge in [-0.05, 0) is 23.6 Å². The predicted molar refractivity (Wildman–Crippen MR) is 78.1 cm³/mol. The Morgan fingerprint density at radius 3 is 2.68 bits per heavy atom. The van der Waals surface area contributed by atoms with Crippen LogP contribution in [0.2, 0.25) is 5.02 Å². The smallest absolute Gasteiger partial charge is 0.224 e. The molecule has 0 bridgehead atoms. The average Bonchev–Trinajstić information content (AvgIpc) is 2.25. The number of benzene rings is 1. The first kappa shape index (κ1) is 15.6. The van der Waals surface area contributed by atoms with Gasteiger partial charge in [0.15, 0.2) is 0 Å². The minimum atomic E-state index is -0.224. The van der Waals surface area contributed by atoms with Crippen LogP contribution >= 0.6 is 11.6 Å². The lowest BCUT2D eigenvalue weighted by Crippen LogP contribution is -2.20. The van der Waals surface area contributed by atoms with Gasteiger partial charge < -0.3 is 10.4 Å². The van der Waals surface area contributed by atoms with Gasteiger partial charge in [0.2, 0.25) is 5.91 Å². The maximum absolute atomic E-state index is 11.9. The second-order valence-electron chi connectivity index (χ2n) is 5.44. The van der Waals surface area contributed by atoms with Gasteiger partial charge in [-0.25, -0.2) is 0 Å². The Labute approximate surface area is 119 Å². The molecule has 0 fully saturated rings. The van der Waals surface area contributed by atoms with Crippen molar-refractivity contribution in [3.05, 3.63) is 28.8 Å². The number of aliphatic hydroxyl groups is 1. The van der Waals surface area contributed by atoms with Crippen LogP contribution in [-0.2, 0) is 4.79 Å². The summed E-state index contributed by atoms with van der Waals surface area (Å²) in [5.41, 5.74) is 1.13. The van der Waals surface area contributed by atoms with Crippen LogP contribution < -0.4 is 5.32 Å². The van der Waals surface area contributed by atoms with E-state index < -0.39 is 0 Å². The second kappa shape index (κ2) is 6.60. The van der Waals surface area contributed by atoms with Crippen LogP contribution in [0.15, 0.2) is 18.2 Å². The Kier molecular flexibility index (Phi) is 5.41. The molecule has 0 aromatic heterocycles. The van der Waals surface area contributed by atoms with E-state index in [9.17, 15) is 4.79 Å². The van der Waals surface area contributed by atoms with E-state index in [1.807, 2.05) is 20.8 Å². The normalized spacial score (nSPS) is 10.6. The molecule has 0 radical (unpaired) electrons. The van der Waals surface area contributed by atoms with Gasteiger partial charge in [-0.15, -0.1) is 0 Å². The standard InChI is InChI=1S/C15H18ClNO2/c1-15(2,3)10-14(19)17-13-9-12(16)7-6-11(13)5-4-8-18/h6-7,9,18H,8,10H2,1-3H3,(H,17,19). The minimum Gasteiger partial charge on any atom is -0.384 e. The van der Waals surface area contributed by atoms with Gasteiger partial charge >= 0.3 is 0 Å². The van der Waals surface area contributed by atoms with Crippen molar-refractivity contribution in [1.29, 1.82) is 0 Å². The largest absolute Gasteiger partial charge is 0.384 e. The zero-order valence-corrected chi connectivity index (χ0v) is 12.1. The monoisotopic (exact) mass is 279 g/mol. The molecule has 0 aliphatic heterocycles. The van der Waals surface area contributed by atoms with Crippen LogP contribution in [0.4, 0.5) is 5.69 Å². The summed E-state index contributed by atoms with van der Waals surface area (Å²) in [6.07, 6.45) is 0.409. The fourth-order valence-corrected chi connectivity index (χ4v) is 1.71. The van der Waals surface area contributed by atoms with Gasteiger partial charge in [-0.2, -0.15) is 0 Å². The number of hydrogen-bond acceptors (Lipinski definition) is 2. The third-order valence-corrected chi connectivity index (χ3v) is 2.48. The van der Waals surface area contributed by atoms with Crippen LogP contribution in [-0.4, -0.2) is 17.6 Å². The lowest BCUT2D eigenvalue weighted by Gasteiger charge is -2.17. The number of rotatable bonds is 2. The highest BCUT2D eigenvalue weighted by Gasteiger charge is 2.16. The molecular formula is C15H18ClNO2. The molecule has 0 aliphatic rings. The maximum Gasteiger partial charge on any atom is 0.224 e. The summed E-state index contributed by atoms with van der Waals surface area (Å²) in [7, 11) is 0. The zero-order chi connectivity index (χ0) is 14.5. The SMILES string of the molecule is CC(C)(C)CC(=O)Nc1cc(Cl)ccc1C#CCO. The van der Waals surface area contributed by atoms with E-state index in [0.29, 0.717) is 22.7 Å². The van der Waals surface area contributed by atoms with Crippen molar-refractivity contribution in [3.63, 3.8) is 0 Å². The Morgan fingerprint density at radius 2 is 2.11 bits per heavy atom. The first-order valence-corrected chi connectivity index (χ1v) is 6.39. The van der Waals surface area contributed by atoms with E-state index in [4.69, 9.17) is 16.7 Å². The summed E-state index contributed by atoms with van der Waals surface area (Å²) >= 11 is 5.92. The summed E-state index contributed by atoms with van der Waals surface area (Å²) < 4.78 is 0. The number of nitrogens with one attached hydrogen (secondary N) is 1. The van der Waals surface area contributed by atoms with Crippen LogP contribution in [0.1, 0.15) is 32.8 Å². The van der Waals surface area contributed by atoms with Gasteiger partial charge in [0.25, 0.3) is 0 Å². The molecule has 1 rings (SSSR count). The minimum absolute atomic E-state index is 0.0817. The number of aliphatic hydroxyl groups excluding tert-OH is 1. The highest BCUT2D eigenvalue weighted by molar-refractivity contribution is 6.31. The molecule has 19 heavy (non-hydrogen) atoms. The lowest BCUT2D eigenvalue weighted by molar-refractivity contribution is -0.117. The molecule has 1 aromatic carbocycles. The fourth-order valence-electron chi connectivity index (χ4n) is 1.54. The number of anilines is 1. The first-order chi connectivity index (χ1) is 8.81. The van der Waals surface area contributed by atoms with Crippen molar-refractivity contribution < 1.29 is 9.90 Å². The number of halogens is 1. The topological polar surface area (TPSA) is 49.3 Å². The Balaban J connectivity index is 2.93. The third-order valence-electron chi connectivity index (χ3n) is 2.25. The summed E-state index contributed by atoms with van der Waals surface area (Å²) in [4.78, 5) is 11.9. The van der Waals surface area contributed by atoms with Gasteiger partial charge in [0.1, 0.15) is 6.61 Å². The molecule has 2 N–H and O–H groups in total. The Bertz CT molecular complexity index is 521. The number of carbonyl (C=O) groups is 1. The van der Waals surface area contributed by atoms with E-state index in [1.54, 1.807) is 18.2 Å². The molecule has 1 aromatic rings. The Hall–Kier alpha value is -1.50. The van der Waals surface area contributed by atoms with Crippen molar-refractivity contribution in [3.8, 4) is 11.8 Å². The summed E-state index contributed by atoms with van der Waals surface area (Å²) in [5, 5.41) is 12.1. The molecule has 4 heteroatoms. The van der Waals surface area contributed by atoms with Crippen molar-refractivity contribution in [1.82, 2.24) is 0 Å². The van der Waals surface area contributed by atoms with E-state index in [-0.39, 0.29) is 17.9 Å². The van der Waals surface area contributed by atoms with E-state index in [1.165, 1.54) is 0 Å². The molecule has 0 aliphatic carbocycles. The molecule has 0 heterocycles. The van der Waals surface area contributed by atoms with Crippen LogP contribution in [0.25, 0.3) is 0 Å².